The SMILES string of the molecule is O=C(NCc1cc(F)cc(Cl)c1)C1(O)CCN(c2cnc(N3CCNCC3)nc2)C1=O. The number of halogens is 2. The molecule has 1 aromatic heterocycles. The second-order valence-electron chi connectivity index (χ2n) is 7.51. The van der Waals surface area contributed by atoms with Crippen molar-refractivity contribution in [1.29, 1.82) is 0 Å². The first-order valence-electron chi connectivity index (χ1n) is 9.92. The number of carbonyl (C=O) groups excluding carboxylic acids is 2. The summed E-state index contributed by atoms with van der Waals surface area (Å²) in [6.45, 7) is 3.34. The summed E-state index contributed by atoms with van der Waals surface area (Å²) in [4.78, 5) is 37.4. The predicted octanol–water partition coefficient (Wildman–Crippen LogP) is 0.463. The largest absolute Gasteiger partial charge is 0.372 e. The summed E-state index contributed by atoms with van der Waals surface area (Å²) in [5.41, 5.74) is -1.39. The van der Waals surface area contributed by atoms with Crippen molar-refractivity contribution in [3.05, 3.63) is 47.0 Å². The average molecular weight is 449 g/mol. The first-order chi connectivity index (χ1) is 14.9. The highest BCUT2D eigenvalue weighted by atomic mass is 35.5. The van der Waals surface area contributed by atoms with Crippen LogP contribution < -0.4 is 20.4 Å². The first kappa shape index (κ1) is 21.4. The average Bonchev–Trinajstić information content (AvgIpc) is 3.08. The Balaban J connectivity index is 1.41. The molecule has 1 unspecified atom stereocenters. The van der Waals surface area contributed by atoms with Crippen molar-refractivity contribution in [2.24, 2.45) is 0 Å². The molecule has 0 bridgehead atoms. The molecule has 2 aliphatic rings. The van der Waals surface area contributed by atoms with Gasteiger partial charge in [0.1, 0.15) is 5.82 Å². The van der Waals surface area contributed by atoms with Gasteiger partial charge in [0.05, 0.1) is 18.1 Å². The number of carbonyl (C=O) groups is 2. The Hall–Kier alpha value is -2.82. The Morgan fingerprint density at radius 2 is 1.94 bits per heavy atom. The maximum absolute atomic E-state index is 13.5. The number of aromatic nitrogens is 2. The van der Waals surface area contributed by atoms with E-state index in [-0.39, 0.29) is 24.5 Å². The van der Waals surface area contributed by atoms with E-state index < -0.39 is 23.2 Å². The van der Waals surface area contributed by atoms with E-state index in [1.54, 1.807) is 0 Å². The molecule has 9 nitrogen and oxygen atoms in total. The lowest BCUT2D eigenvalue weighted by Crippen LogP contribution is -2.52. The van der Waals surface area contributed by atoms with Crippen LogP contribution in [0, 0.1) is 5.82 Å². The quantitative estimate of drug-likeness (QED) is 0.570. The summed E-state index contributed by atoms with van der Waals surface area (Å²) in [5.74, 6) is -1.57. The zero-order valence-electron chi connectivity index (χ0n) is 16.6. The van der Waals surface area contributed by atoms with Crippen molar-refractivity contribution in [1.82, 2.24) is 20.6 Å². The highest BCUT2D eigenvalue weighted by Gasteiger charge is 2.51. The molecule has 164 valence electrons. The van der Waals surface area contributed by atoms with Crippen LogP contribution in [0.15, 0.2) is 30.6 Å². The molecule has 2 fully saturated rings. The number of amides is 2. The molecule has 1 aromatic carbocycles. The summed E-state index contributed by atoms with van der Waals surface area (Å²) in [6.07, 6.45) is 2.95. The third-order valence-corrected chi connectivity index (χ3v) is 5.60. The van der Waals surface area contributed by atoms with Crippen LogP contribution in [-0.2, 0) is 16.1 Å². The Bertz CT molecular complexity index is 965. The molecule has 2 aromatic rings. The molecule has 2 saturated heterocycles. The number of piperazine rings is 1. The predicted molar refractivity (Wildman–Crippen MR) is 112 cm³/mol. The van der Waals surface area contributed by atoms with Gasteiger partial charge in [-0.3, -0.25) is 9.59 Å². The van der Waals surface area contributed by atoms with E-state index in [1.807, 2.05) is 4.90 Å². The van der Waals surface area contributed by atoms with Crippen LogP contribution in [0.5, 0.6) is 0 Å². The van der Waals surface area contributed by atoms with Gasteiger partial charge in [-0.1, -0.05) is 11.6 Å². The van der Waals surface area contributed by atoms with Crippen LogP contribution in [0.2, 0.25) is 5.02 Å². The Morgan fingerprint density at radius 3 is 2.61 bits per heavy atom. The van der Waals surface area contributed by atoms with E-state index in [2.05, 4.69) is 20.6 Å². The Labute approximate surface area is 183 Å². The summed E-state index contributed by atoms with van der Waals surface area (Å²) < 4.78 is 13.5. The minimum atomic E-state index is -2.21. The van der Waals surface area contributed by atoms with Gasteiger partial charge >= 0.3 is 0 Å². The maximum Gasteiger partial charge on any atom is 0.268 e. The number of nitrogens with zero attached hydrogens (tertiary/aromatic N) is 4. The van der Waals surface area contributed by atoms with Crippen LogP contribution in [-0.4, -0.2) is 65.2 Å². The van der Waals surface area contributed by atoms with Crippen LogP contribution in [0.25, 0.3) is 0 Å². The van der Waals surface area contributed by atoms with E-state index in [0.717, 1.165) is 32.2 Å². The normalized spacial score (nSPS) is 21.5. The molecule has 0 saturated carbocycles. The van der Waals surface area contributed by atoms with E-state index in [0.29, 0.717) is 17.2 Å². The summed E-state index contributed by atoms with van der Waals surface area (Å²) >= 11 is 5.81. The van der Waals surface area contributed by atoms with Gasteiger partial charge in [-0.15, -0.1) is 0 Å². The van der Waals surface area contributed by atoms with Gasteiger partial charge in [0.25, 0.3) is 11.8 Å². The van der Waals surface area contributed by atoms with Gasteiger partial charge in [-0.25, -0.2) is 14.4 Å². The Kier molecular flexibility index (Phi) is 6.03. The smallest absolute Gasteiger partial charge is 0.268 e. The summed E-state index contributed by atoms with van der Waals surface area (Å²) in [6, 6.07) is 3.86. The summed E-state index contributed by atoms with van der Waals surface area (Å²) in [5, 5.41) is 16.7. The molecular weight excluding hydrogens is 427 g/mol. The van der Waals surface area contributed by atoms with Crippen molar-refractivity contribution >= 4 is 35.1 Å². The molecule has 11 heteroatoms. The van der Waals surface area contributed by atoms with Gasteiger partial charge < -0.3 is 25.5 Å². The third kappa shape index (κ3) is 4.46. The molecule has 1 atom stereocenters. The van der Waals surface area contributed by atoms with E-state index in [1.165, 1.54) is 29.4 Å². The van der Waals surface area contributed by atoms with Gasteiger partial charge in [0, 0.05) is 50.7 Å². The van der Waals surface area contributed by atoms with Crippen molar-refractivity contribution < 1.29 is 19.1 Å². The fourth-order valence-corrected chi connectivity index (χ4v) is 3.93. The van der Waals surface area contributed by atoms with Crippen molar-refractivity contribution in [2.75, 3.05) is 42.5 Å². The lowest BCUT2D eigenvalue weighted by molar-refractivity contribution is -0.149. The van der Waals surface area contributed by atoms with Gasteiger partial charge in [-0.05, 0) is 23.8 Å². The number of anilines is 2. The minimum absolute atomic E-state index is 0.0750. The minimum Gasteiger partial charge on any atom is -0.372 e. The van der Waals surface area contributed by atoms with Crippen LogP contribution in [0.1, 0.15) is 12.0 Å². The number of nitrogens with one attached hydrogen (secondary N) is 2. The molecule has 3 N–H and O–H groups in total. The number of hydrogen-bond acceptors (Lipinski definition) is 7. The highest BCUT2D eigenvalue weighted by Crippen LogP contribution is 2.28. The fraction of sp³-hybridized carbons (Fsp3) is 0.400. The summed E-state index contributed by atoms with van der Waals surface area (Å²) in [7, 11) is 0. The second kappa shape index (κ2) is 8.74. The topological polar surface area (TPSA) is 111 Å². The number of benzene rings is 1. The number of rotatable bonds is 5. The molecule has 4 rings (SSSR count). The molecule has 2 aliphatic heterocycles. The number of hydrogen-bond donors (Lipinski definition) is 3. The van der Waals surface area contributed by atoms with E-state index in [4.69, 9.17) is 11.6 Å². The second-order valence-corrected chi connectivity index (χ2v) is 7.94. The van der Waals surface area contributed by atoms with Crippen molar-refractivity contribution in [3.63, 3.8) is 0 Å². The van der Waals surface area contributed by atoms with Gasteiger partial charge in [0.15, 0.2) is 0 Å². The third-order valence-electron chi connectivity index (χ3n) is 5.38. The van der Waals surface area contributed by atoms with E-state index in [9.17, 15) is 19.1 Å². The first-order valence-corrected chi connectivity index (χ1v) is 10.3. The molecule has 0 aliphatic carbocycles. The van der Waals surface area contributed by atoms with Gasteiger partial charge in [0.2, 0.25) is 11.5 Å². The van der Waals surface area contributed by atoms with Crippen LogP contribution in [0.4, 0.5) is 16.0 Å². The maximum atomic E-state index is 13.5. The Morgan fingerprint density at radius 1 is 1.23 bits per heavy atom. The van der Waals surface area contributed by atoms with Crippen LogP contribution in [0.3, 0.4) is 0 Å². The van der Waals surface area contributed by atoms with Crippen molar-refractivity contribution in [3.8, 4) is 0 Å². The molecule has 31 heavy (non-hydrogen) atoms. The number of aliphatic hydroxyl groups is 1. The molecule has 3 heterocycles. The van der Waals surface area contributed by atoms with Crippen molar-refractivity contribution in [2.45, 2.75) is 18.6 Å². The molecular formula is C20H22ClFN6O3. The lowest BCUT2D eigenvalue weighted by Gasteiger charge is -2.27. The van der Waals surface area contributed by atoms with E-state index >= 15 is 0 Å². The lowest BCUT2D eigenvalue weighted by atomic mass is 10.0. The fourth-order valence-electron chi connectivity index (χ4n) is 3.69. The highest BCUT2D eigenvalue weighted by molar-refractivity contribution is 6.30. The molecule has 0 spiro atoms. The molecule has 2 amide bonds. The van der Waals surface area contributed by atoms with Gasteiger partial charge in [-0.2, -0.15) is 0 Å². The zero-order valence-corrected chi connectivity index (χ0v) is 17.4. The zero-order chi connectivity index (χ0) is 22.0. The molecule has 0 radical (unpaired) electrons. The standard InChI is InChI=1S/C20H22ClFN6O3/c21-14-7-13(8-15(22)9-14)10-24-17(29)20(31)1-4-28(18(20)30)16-11-25-19(26-12-16)27-5-2-23-3-6-27/h7-9,11-12,23,31H,1-6,10H2,(H,24,29). The van der Waals surface area contributed by atoms with Crippen LogP contribution >= 0.6 is 11.6 Å². The monoisotopic (exact) mass is 448 g/mol.